The molecule has 3 aromatic carbocycles. The fourth-order valence-corrected chi connectivity index (χ4v) is 3.84. The number of hydrogen-bond acceptors (Lipinski definition) is 5. The van der Waals surface area contributed by atoms with E-state index in [4.69, 9.17) is 14.5 Å². The molecule has 0 radical (unpaired) electrons. The highest BCUT2D eigenvalue weighted by Gasteiger charge is 2.28. The monoisotopic (exact) mass is 403 g/mol. The van der Waals surface area contributed by atoms with Crippen molar-refractivity contribution in [3.8, 4) is 11.5 Å². The molecule has 30 heavy (non-hydrogen) atoms. The molecule has 0 fully saturated rings. The lowest BCUT2D eigenvalue weighted by Crippen LogP contribution is -2.45. The molecule has 0 aromatic heterocycles. The Morgan fingerprint density at radius 2 is 1.77 bits per heavy atom. The van der Waals surface area contributed by atoms with Crippen molar-refractivity contribution >= 4 is 22.5 Å². The number of benzene rings is 3. The van der Waals surface area contributed by atoms with Crippen LogP contribution in [0.15, 0.2) is 59.6 Å². The van der Waals surface area contributed by atoms with Gasteiger partial charge in [-0.25, -0.2) is 0 Å². The van der Waals surface area contributed by atoms with E-state index in [0.717, 1.165) is 12.0 Å². The van der Waals surface area contributed by atoms with Crippen LogP contribution in [0.3, 0.4) is 0 Å². The lowest BCUT2D eigenvalue weighted by molar-refractivity contribution is 0.0943. The summed E-state index contributed by atoms with van der Waals surface area (Å²) in [6, 6.07) is 17.5. The Balaban J connectivity index is 1.61. The van der Waals surface area contributed by atoms with E-state index < -0.39 is 0 Å². The number of carbonyl (C=O) groups excluding carboxylic acids is 1. The number of amides is 1. The molecule has 2 N–H and O–H groups in total. The van der Waals surface area contributed by atoms with Gasteiger partial charge in [0.1, 0.15) is 5.84 Å². The van der Waals surface area contributed by atoms with Crippen LogP contribution < -0.4 is 20.3 Å². The first-order valence-corrected chi connectivity index (χ1v) is 9.81. The average molecular weight is 403 g/mol. The molecule has 0 saturated carbocycles. The van der Waals surface area contributed by atoms with E-state index in [1.54, 1.807) is 25.3 Å². The summed E-state index contributed by atoms with van der Waals surface area (Å²) in [5.41, 5.74) is 8.21. The van der Waals surface area contributed by atoms with E-state index in [1.165, 1.54) is 23.4 Å². The zero-order chi connectivity index (χ0) is 21.3. The van der Waals surface area contributed by atoms with Gasteiger partial charge in [0.25, 0.3) is 5.91 Å². The summed E-state index contributed by atoms with van der Waals surface area (Å²) in [5, 5.41) is 2.41. The SMILES string of the molecule is COc1ccc(C(=O)NNC2=NC(C)(C)Cc3c2ccc2ccccc32)cc1OC. The molecular weight excluding hydrogens is 378 g/mol. The molecule has 0 spiro atoms. The Bertz CT molecular complexity index is 1150. The van der Waals surface area contributed by atoms with E-state index in [1.807, 2.05) is 12.1 Å². The third kappa shape index (κ3) is 3.68. The van der Waals surface area contributed by atoms with E-state index in [2.05, 4.69) is 49.0 Å². The van der Waals surface area contributed by atoms with Crippen molar-refractivity contribution in [2.75, 3.05) is 14.2 Å². The number of rotatable bonds is 3. The van der Waals surface area contributed by atoms with Crippen LogP contribution in [0.5, 0.6) is 11.5 Å². The summed E-state index contributed by atoms with van der Waals surface area (Å²) >= 11 is 0. The topological polar surface area (TPSA) is 72.0 Å². The van der Waals surface area contributed by atoms with Crippen molar-refractivity contribution in [1.29, 1.82) is 0 Å². The lowest BCUT2D eigenvalue weighted by atomic mass is 9.85. The van der Waals surface area contributed by atoms with Crippen molar-refractivity contribution in [3.63, 3.8) is 0 Å². The largest absolute Gasteiger partial charge is 0.493 e. The molecule has 0 unspecified atom stereocenters. The summed E-state index contributed by atoms with van der Waals surface area (Å²) in [7, 11) is 3.10. The number of hydrazine groups is 1. The molecule has 1 heterocycles. The molecule has 1 amide bonds. The van der Waals surface area contributed by atoms with Crippen molar-refractivity contribution < 1.29 is 14.3 Å². The molecule has 0 atom stereocenters. The molecule has 4 rings (SSSR count). The quantitative estimate of drug-likeness (QED) is 0.651. The van der Waals surface area contributed by atoms with Crippen LogP contribution in [-0.2, 0) is 6.42 Å². The first-order chi connectivity index (χ1) is 14.4. The summed E-state index contributed by atoms with van der Waals surface area (Å²) in [6.07, 6.45) is 0.832. The standard InChI is InChI=1S/C24H25N3O3/c1-24(2)14-19-17-8-6-5-7-15(17)9-11-18(19)22(25-24)26-27-23(28)16-10-12-20(29-3)21(13-16)30-4/h5-13H,14H2,1-4H3,(H,25,26)(H,27,28). The Kier molecular flexibility index (Phi) is 5.08. The predicted molar refractivity (Wildman–Crippen MR) is 118 cm³/mol. The molecule has 3 aromatic rings. The first-order valence-electron chi connectivity index (χ1n) is 9.81. The first kappa shape index (κ1) is 19.8. The van der Waals surface area contributed by atoms with Crippen molar-refractivity contribution in [1.82, 2.24) is 10.9 Å². The zero-order valence-electron chi connectivity index (χ0n) is 17.6. The zero-order valence-corrected chi connectivity index (χ0v) is 17.6. The highest BCUT2D eigenvalue weighted by Crippen LogP contribution is 2.32. The molecule has 0 aliphatic carbocycles. The van der Waals surface area contributed by atoms with Crippen LogP contribution in [-0.4, -0.2) is 31.5 Å². The van der Waals surface area contributed by atoms with Crippen LogP contribution >= 0.6 is 0 Å². The molecule has 1 aliphatic rings. The Hall–Kier alpha value is -3.54. The smallest absolute Gasteiger partial charge is 0.269 e. The highest BCUT2D eigenvalue weighted by molar-refractivity contribution is 6.07. The van der Waals surface area contributed by atoms with Gasteiger partial charge in [0, 0.05) is 11.1 Å². The Labute approximate surface area is 175 Å². The average Bonchev–Trinajstić information content (AvgIpc) is 2.75. The van der Waals surface area contributed by atoms with Crippen LogP contribution in [0.4, 0.5) is 0 Å². The van der Waals surface area contributed by atoms with Crippen LogP contribution in [0.25, 0.3) is 10.8 Å². The maximum atomic E-state index is 12.7. The van der Waals surface area contributed by atoms with Gasteiger partial charge in [0.2, 0.25) is 0 Å². The number of fused-ring (bicyclic) bond motifs is 3. The van der Waals surface area contributed by atoms with E-state index in [-0.39, 0.29) is 11.4 Å². The summed E-state index contributed by atoms with van der Waals surface area (Å²) < 4.78 is 10.5. The van der Waals surface area contributed by atoms with Crippen molar-refractivity contribution in [2.45, 2.75) is 25.8 Å². The van der Waals surface area contributed by atoms with Gasteiger partial charge in [-0.15, -0.1) is 0 Å². The summed E-state index contributed by atoms with van der Waals surface area (Å²) in [5.74, 6) is 1.43. The van der Waals surface area contributed by atoms with E-state index >= 15 is 0 Å². The van der Waals surface area contributed by atoms with Gasteiger partial charge in [-0.05, 0) is 54.8 Å². The number of methoxy groups -OCH3 is 2. The summed E-state index contributed by atoms with van der Waals surface area (Å²) in [4.78, 5) is 17.6. The Morgan fingerprint density at radius 1 is 1.00 bits per heavy atom. The van der Waals surface area contributed by atoms with Crippen LogP contribution in [0.2, 0.25) is 0 Å². The number of nitrogens with zero attached hydrogens (tertiary/aromatic N) is 1. The maximum absolute atomic E-state index is 12.7. The minimum absolute atomic E-state index is 0.284. The number of carbonyl (C=O) groups is 1. The van der Waals surface area contributed by atoms with Crippen molar-refractivity contribution in [2.24, 2.45) is 4.99 Å². The van der Waals surface area contributed by atoms with E-state index in [0.29, 0.717) is 22.9 Å². The molecule has 154 valence electrons. The second-order valence-electron chi connectivity index (χ2n) is 7.91. The highest BCUT2D eigenvalue weighted by atomic mass is 16.5. The lowest BCUT2D eigenvalue weighted by Gasteiger charge is -2.30. The van der Waals surface area contributed by atoms with Gasteiger partial charge in [0.05, 0.1) is 19.8 Å². The number of ether oxygens (including phenoxy) is 2. The molecule has 0 bridgehead atoms. The van der Waals surface area contributed by atoms with Gasteiger partial charge in [0.15, 0.2) is 11.5 Å². The van der Waals surface area contributed by atoms with Crippen molar-refractivity contribution in [3.05, 3.63) is 71.3 Å². The van der Waals surface area contributed by atoms with Crippen LogP contribution in [0, 0.1) is 0 Å². The normalized spacial score (nSPS) is 14.5. The fraction of sp³-hybridized carbons (Fsp3) is 0.250. The third-order valence-electron chi connectivity index (χ3n) is 5.26. The van der Waals surface area contributed by atoms with Gasteiger partial charge in [-0.3, -0.25) is 20.6 Å². The Morgan fingerprint density at radius 3 is 2.53 bits per heavy atom. The molecule has 0 saturated heterocycles. The maximum Gasteiger partial charge on any atom is 0.269 e. The minimum Gasteiger partial charge on any atom is -0.493 e. The van der Waals surface area contributed by atoms with E-state index in [9.17, 15) is 4.79 Å². The second kappa shape index (κ2) is 7.71. The van der Waals surface area contributed by atoms with Gasteiger partial charge in [-0.1, -0.05) is 36.4 Å². The second-order valence-corrected chi connectivity index (χ2v) is 7.91. The van der Waals surface area contributed by atoms with Gasteiger partial charge in [-0.2, -0.15) is 0 Å². The van der Waals surface area contributed by atoms with Crippen LogP contribution in [0.1, 0.15) is 35.3 Å². The fourth-order valence-electron chi connectivity index (χ4n) is 3.84. The predicted octanol–water partition coefficient (Wildman–Crippen LogP) is 3.87. The summed E-state index contributed by atoms with van der Waals surface area (Å²) in [6.45, 7) is 4.19. The molecule has 6 heteroatoms. The van der Waals surface area contributed by atoms with Gasteiger partial charge < -0.3 is 9.47 Å². The third-order valence-corrected chi connectivity index (χ3v) is 5.26. The molecule has 1 aliphatic heterocycles. The minimum atomic E-state index is -0.288. The molecular formula is C24H25N3O3. The number of aliphatic imine (C=N–C) groups is 1. The number of amidine groups is 1. The van der Waals surface area contributed by atoms with Gasteiger partial charge >= 0.3 is 0 Å². The number of hydrogen-bond donors (Lipinski definition) is 2. The molecule has 6 nitrogen and oxygen atoms in total. The number of nitrogens with one attached hydrogen (secondary N) is 2.